The summed E-state index contributed by atoms with van der Waals surface area (Å²) >= 11 is 7.84. The molecule has 2 amide bonds. The Morgan fingerprint density at radius 3 is 2.59 bits per heavy atom. The van der Waals surface area contributed by atoms with E-state index in [4.69, 9.17) is 30.9 Å². The van der Waals surface area contributed by atoms with Crippen LogP contribution >= 0.6 is 22.9 Å². The second kappa shape index (κ2) is 12.2. The number of rotatable bonds is 10. The van der Waals surface area contributed by atoms with E-state index in [2.05, 4.69) is 0 Å². The predicted octanol–water partition coefficient (Wildman–Crippen LogP) is 4.89. The SMILES string of the molecule is COCCN(CC(=O)N1N=C(c2cccs2)C[C@@H]1c1cc(OC)ccc1OC)C(=O)c1ccccc1Cl. The van der Waals surface area contributed by atoms with Crippen molar-refractivity contribution in [3.63, 3.8) is 0 Å². The van der Waals surface area contributed by atoms with Gasteiger partial charge >= 0.3 is 0 Å². The van der Waals surface area contributed by atoms with Gasteiger partial charge in [0, 0.05) is 25.6 Å². The zero-order valence-electron chi connectivity index (χ0n) is 20.8. The molecule has 0 unspecified atom stereocenters. The molecule has 0 saturated carbocycles. The first kappa shape index (κ1) is 26.7. The molecule has 10 heteroatoms. The standard InChI is InChI=1S/C27H28ClN3O5S/c1-34-13-12-30(27(33)19-7-4-5-8-21(19)28)17-26(32)31-23(16-22(29-31)25-9-6-14-37-25)20-15-18(35-2)10-11-24(20)36-3/h4-11,14-15,23H,12-13,16-17H2,1-3H3/t23-/m1/s1. The Morgan fingerprint density at radius 2 is 1.92 bits per heavy atom. The Hall–Kier alpha value is -3.40. The van der Waals surface area contributed by atoms with Crippen molar-refractivity contribution in [2.75, 3.05) is 41.0 Å². The van der Waals surface area contributed by atoms with Gasteiger partial charge in [-0.05, 0) is 41.8 Å². The van der Waals surface area contributed by atoms with Gasteiger partial charge in [0.2, 0.25) is 0 Å². The molecule has 4 rings (SSSR count). The smallest absolute Gasteiger partial charge is 0.262 e. The van der Waals surface area contributed by atoms with Gasteiger partial charge in [-0.1, -0.05) is 29.8 Å². The van der Waals surface area contributed by atoms with Crippen LogP contribution in [0.2, 0.25) is 5.02 Å². The van der Waals surface area contributed by atoms with Gasteiger partial charge in [0.05, 0.1) is 48.0 Å². The number of benzene rings is 2. The fourth-order valence-electron chi connectivity index (χ4n) is 4.17. The second-order valence-corrected chi connectivity index (χ2v) is 9.64. The Balaban J connectivity index is 1.68. The average Bonchev–Trinajstić information content (AvgIpc) is 3.61. The monoisotopic (exact) mass is 541 g/mol. The highest BCUT2D eigenvalue weighted by atomic mass is 35.5. The zero-order chi connectivity index (χ0) is 26.4. The van der Waals surface area contributed by atoms with Crippen LogP contribution in [0.3, 0.4) is 0 Å². The zero-order valence-corrected chi connectivity index (χ0v) is 22.4. The fourth-order valence-corrected chi connectivity index (χ4v) is 5.11. The largest absolute Gasteiger partial charge is 0.497 e. The van der Waals surface area contributed by atoms with Crippen LogP contribution in [0, 0.1) is 0 Å². The summed E-state index contributed by atoms with van der Waals surface area (Å²) in [6.07, 6.45) is 0.492. The maximum absolute atomic E-state index is 13.8. The number of amides is 2. The molecule has 0 saturated heterocycles. The number of halogens is 1. The summed E-state index contributed by atoms with van der Waals surface area (Å²) < 4.78 is 16.3. The van der Waals surface area contributed by atoms with E-state index >= 15 is 0 Å². The van der Waals surface area contributed by atoms with E-state index in [0.29, 0.717) is 28.5 Å². The first-order valence-electron chi connectivity index (χ1n) is 11.6. The second-order valence-electron chi connectivity index (χ2n) is 8.29. The number of methoxy groups -OCH3 is 3. The molecule has 1 aliphatic heterocycles. The molecule has 8 nitrogen and oxygen atoms in total. The lowest BCUT2D eigenvalue weighted by Crippen LogP contribution is -2.43. The lowest BCUT2D eigenvalue weighted by atomic mass is 9.99. The van der Waals surface area contributed by atoms with Crippen molar-refractivity contribution in [3.05, 3.63) is 81.0 Å². The van der Waals surface area contributed by atoms with Crippen LogP contribution in [0.5, 0.6) is 11.5 Å². The lowest BCUT2D eigenvalue weighted by Gasteiger charge is -2.28. The molecule has 0 radical (unpaired) electrons. The summed E-state index contributed by atoms with van der Waals surface area (Å²) in [5, 5.41) is 8.46. The molecular weight excluding hydrogens is 514 g/mol. The number of thiophene rings is 1. The summed E-state index contributed by atoms with van der Waals surface area (Å²) in [6, 6.07) is 15.7. The molecule has 194 valence electrons. The van der Waals surface area contributed by atoms with Gasteiger partial charge < -0.3 is 19.1 Å². The maximum atomic E-state index is 13.8. The van der Waals surface area contributed by atoms with E-state index in [1.807, 2.05) is 29.6 Å². The normalized spacial score (nSPS) is 14.9. The number of hydrazone groups is 1. The van der Waals surface area contributed by atoms with E-state index in [0.717, 1.165) is 16.2 Å². The summed E-state index contributed by atoms with van der Waals surface area (Å²) in [7, 11) is 4.72. The van der Waals surface area contributed by atoms with Crippen molar-refractivity contribution in [2.24, 2.45) is 5.10 Å². The predicted molar refractivity (Wildman–Crippen MR) is 144 cm³/mol. The van der Waals surface area contributed by atoms with Crippen molar-refractivity contribution in [1.29, 1.82) is 0 Å². The van der Waals surface area contributed by atoms with Gasteiger partial charge in [-0.3, -0.25) is 9.59 Å². The third-order valence-electron chi connectivity index (χ3n) is 6.05. The van der Waals surface area contributed by atoms with Crippen LogP contribution in [0.1, 0.15) is 33.3 Å². The first-order chi connectivity index (χ1) is 18.0. The Morgan fingerprint density at radius 1 is 1.11 bits per heavy atom. The number of carbonyl (C=O) groups excluding carboxylic acids is 2. The van der Waals surface area contributed by atoms with Crippen LogP contribution in [0.4, 0.5) is 0 Å². The first-order valence-corrected chi connectivity index (χ1v) is 12.9. The molecule has 2 heterocycles. The molecule has 37 heavy (non-hydrogen) atoms. The van der Waals surface area contributed by atoms with Crippen molar-refractivity contribution in [3.8, 4) is 11.5 Å². The topological polar surface area (TPSA) is 80.7 Å². The van der Waals surface area contributed by atoms with Crippen molar-refractivity contribution in [1.82, 2.24) is 9.91 Å². The fraction of sp³-hybridized carbons (Fsp3) is 0.296. The molecule has 1 aliphatic rings. The summed E-state index contributed by atoms with van der Waals surface area (Å²) in [5.74, 6) is 0.573. The van der Waals surface area contributed by atoms with Gasteiger partial charge in [-0.25, -0.2) is 5.01 Å². The van der Waals surface area contributed by atoms with Crippen LogP contribution in [-0.4, -0.2) is 68.5 Å². The number of hydrogen-bond acceptors (Lipinski definition) is 7. The third kappa shape index (κ3) is 5.95. The molecule has 0 bridgehead atoms. The number of hydrogen-bond donors (Lipinski definition) is 0. The van der Waals surface area contributed by atoms with Crippen LogP contribution < -0.4 is 9.47 Å². The lowest BCUT2D eigenvalue weighted by molar-refractivity contribution is -0.133. The summed E-state index contributed by atoms with van der Waals surface area (Å²) in [4.78, 5) is 29.5. The Bertz CT molecular complexity index is 1280. The molecule has 1 atom stereocenters. The van der Waals surface area contributed by atoms with Crippen molar-refractivity contribution < 1.29 is 23.8 Å². The molecule has 2 aromatic carbocycles. The minimum atomic E-state index is -0.436. The average molecular weight is 542 g/mol. The molecule has 0 N–H and O–H groups in total. The van der Waals surface area contributed by atoms with Crippen LogP contribution in [0.15, 0.2) is 65.1 Å². The quantitative estimate of drug-likeness (QED) is 0.365. The minimum absolute atomic E-state index is 0.197. The molecule has 0 fully saturated rings. The van der Waals surface area contributed by atoms with Gasteiger partial charge in [0.1, 0.15) is 18.0 Å². The van der Waals surface area contributed by atoms with E-state index in [9.17, 15) is 9.59 Å². The van der Waals surface area contributed by atoms with E-state index in [1.165, 1.54) is 9.91 Å². The highest BCUT2D eigenvalue weighted by molar-refractivity contribution is 7.12. The van der Waals surface area contributed by atoms with Crippen molar-refractivity contribution in [2.45, 2.75) is 12.5 Å². The van der Waals surface area contributed by atoms with Gasteiger partial charge in [-0.2, -0.15) is 5.10 Å². The molecule has 1 aromatic heterocycles. The van der Waals surface area contributed by atoms with E-state index < -0.39 is 6.04 Å². The van der Waals surface area contributed by atoms with Gasteiger partial charge in [0.15, 0.2) is 0 Å². The third-order valence-corrected chi connectivity index (χ3v) is 7.30. The number of ether oxygens (including phenoxy) is 3. The summed E-state index contributed by atoms with van der Waals surface area (Å²) in [5.41, 5.74) is 1.88. The van der Waals surface area contributed by atoms with E-state index in [1.54, 1.807) is 63.0 Å². The molecule has 0 spiro atoms. The van der Waals surface area contributed by atoms with Crippen LogP contribution in [-0.2, 0) is 9.53 Å². The molecule has 3 aromatic rings. The molecular formula is C27H28ClN3O5S. The highest BCUT2D eigenvalue weighted by Crippen LogP contribution is 2.40. The summed E-state index contributed by atoms with van der Waals surface area (Å²) in [6.45, 7) is 0.284. The van der Waals surface area contributed by atoms with E-state index in [-0.39, 0.29) is 31.5 Å². The number of carbonyl (C=O) groups is 2. The maximum Gasteiger partial charge on any atom is 0.262 e. The highest BCUT2D eigenvalue weighted by Gasteiger charge is 2.36. The van der Waals surface area contributed by atoms with Gasteiger partial charge in [-0.15, -0.1) is 11.3 Å². The van der Waals surface area contributed by atoms with Crippen LogP contribution in [0.25, 0.3) is 0 Å². The minimum Gasteiger partial charge on any atom is -0.497 e. The molecule has 0 aliphatic carbocycles. The van der Waals surface area contributed by atoms with Gasteiger partial charge in [0.25, 0.3) is 11.8 Å². The van der Waals surface area contributed by atoms with Crippen molar-refractivity contribution >= 4 is 40.5 Å². The number of nitrogens with zero attached hydrogens (tertiary/aromatic N) is 3. The Labute approximate surface area is 225 Å². The Kier molecular flexibility index (Phi) is 8.81.